The summed E-state index contributed by atoms with van der Waals surface area (Å²) < 4.78 is 6.11. The highest BCUT2D eigenvalue weighted by atomic mass is 16.5. The van der Waals surface area contributed by atoms with Crippen LogP contribution in [0, 0.1) is 5.92 Å². The Kier molecular flexibility index (Phi) is 3.70. The van der Waals surface area contributed by atoms with Crippen LogP contribution in [0.3, 0.4) is 0 Å². The summed E-state index contributed by atoms with van der Waals surface area (Å²) in [5.41, 5.74) is 6.02. The number of hydrogen-bond donors (Lipinski definition) is 4. The van der Waals surface area contributed by atoms with Gasteiger partial charge in [-0.05, 0) is 31.7 Å². The van der Waals surface area contributed by atoms with Crippen LogP contribution in [0.15, 0.2) is 18.5 Å². The van der Waals surface area contributed by atoms with Gasteiger partial charge < -0.3 is 26.0 Å². The number of carboxylic acid groups (broad SMARTS) is 1. The maximum Gasteiger partial charge on any atom is 0.404 e. The largest absolute Gasteiger partial charge is 0.465 e. The smallest absolute Gasteiger partial charge is 0.404 e. The van der Waals surface area contributed by atoms with Gasteiger partial charge in [-0.25, -0.2) is 4.79 Å². The quantitative estimate of drug-likeness (QED) is 0.668. The van der Waals surface area contributed by atoms with Crippen LogP contribution in [-0.2, 0) is 4.74 Å². The highest BCUT2D eigenvalue weighted by molar-refractivity contribution is 5.65. The van der Waals surface area contributed by atoms with Crippen LogP contribution < -0.4 is 11.1 Å². The lowest BCUT2D eigenvalue weighted by Gasteiger charge is -2.46. The number of nitrogen functional groups attached to an aromatic ring is 1. The molecule has 1 saturated carbocycles. The number of aliphatic hydroxyl groups is 1. The Balaban J connectivity index is 1.90. The number of pyridine rings is 1. The van der Waals surface area contributed by atoms with Crippen LogP contribution in [0.5, 0.6) is 0 Å². The molecule has 0 unspecified atom stereocenters. The van der Waals surface area contributed by atoms with E-state index in [1.165, 1.54) is 0 Å². The van der Waals surface area contributed by atoms with Gasteiger partial charge in [-0.2, -0.15) is 0 Å². The molecule has 2 heterocycles. The molecule has 1 amide bonds. The Morgan fingerprint density at radius 3 is 2.86 bits per heavy atom. The number of ether oxygens (including phenoxy) is 1. The molecule has 5 N–H and O–H groups in total. The number of hydrogen-bond acceptors (Lipinski definition) is 5. The van der Waals surface area contributed by atoms with Crippen molar-refractivity contribution in [3.8, 4) is 0 Å². The van der Waals surface area contributed by atoms with Crippen LogP contribution in [0.2, 0.25) is 0 Å². The van der Waals surface area contributed by atoms with Gasteiger partial charge in [0.05, 0.1) is 30.1 Å². The lowest BCUT2D eigenvalue weighted by Crippen LogP contribution is -2.62. The monoisotopic (exact) mass is 307 g/mol. The summed E-state index contributed by atoms with van der Waals surface area (Å²) in [6, 6.07) is 1.17. The second-order valence-electron chi connectivity index (χ2n) is 6.35. The molecule has 1 aliphatic heterocycles. The number of rotatable bonds is 3. The van der Waals surface area contributed by atoms with Crippen molar-refractivity contribution in [1.29, 1.82) is 0 Å². The maximum atomic E-state index is 11.1. The van der Waals surface area contributed by atoms with E-state index < -0.39 is 23.8 Å². The summed E-state index contributed by atoms with van der Waals surface area (Å²) in [6.07, 6.45) is 3.57. The SMILES string of the molecule is C[C@@]1(O)[C@@H](NC(=O)O)C[C@@H](c2ccncc2N)O[C@H]1C1CC1. The Morgan fingerprint density at radius 2 is 2.27 bits per heavy atom. The lowest BCUT2D eigenvalue weighted by atomic mass is 9.80. The Morgan fingerprint density at radius 1 is 1.55 bits per heavy atom. The van der Waals surface area contributed by atoms with Gasteiger partial charge in [0.25, 0.3) is 0 Å². The van der Waals surface area contributed by atoms with Crippen molar-refractivity contribution in [3.05, 3.63) is 24.0 Å². The highest BCUT2D eigenvalue weighted by Gasteiger charge is 2.53. The first-order valence-corrected chi connectivity index (χ1v) is 7.46. The van der Waals surface area contributed by atoms with Gasteiger partial charge in [-0.1, -0.05) is 0 Å². The first kappa shape index (κ1) is 15.1. The van der Waals surface area contributed by atoms with Crippen molar-refractivity contribution in [2.75, 3.05) is 5.73 Å². The van der Waals surface area contributed by atoms with Crippen molar-refractivity contribution >= 4 is 11.8 Å². The highest BCUT2D eigenvalue weighted by Crippen LogP contribution is 2.47. The molecule has 22 heavy (non-hydrogen) atoms. The zero-order valence-corrected chi connectivity index (χ0v) is 12.4. The van der Waals surface area contributed by atoms with Gasteiger partial charge >= 0.3 is 6.09 Å². The molecule has 2 fully saturated rings. The lowest BCUT2D eigenvalue weighted by molar-refractivity contribution is -0.191. The molecule has 1 aromatic rings. The van der Waals surface area contributed by atoms with Gasteiger partial charge in [0.2, 0.25) is 0 Å². The predicted molar refractivity (Wildman–Crippen MR) is 79.2 cm³/mol. The number of nitrogens with zero attached hydrogens (tertiary/aromatic N) is 1. The van der Waals surface area contributed by atoms with Crippen LogP contribution >= 0.6 is 0 Å². The molecule has 120 valence electrons. The van der Waals surface area contributed by atoms with E-state index in [2.05, 4.69) is 10.3 Å². The second-order valence-corrected chi connectivity index (χ2v) is 6.35. The van der Waals surface area contributed by atoms with Gasteiger partial charge in [0.15, 0.2) is 0 Å². The first-order valence-electron chi connectivity index (χ1n) is 7.46. The van der Waals surface area contributed by atoms with Crippen LogP contribution in [0.25, 0.3) is 0 Å². The molecule has 4 atom stereocenters. The summed E-state index contributed by atoms with van der Waals surface area (Å²) in [5.74, 6) is 0.263. The first-order chi connectivity index (χ1) is 10.4. The van der Waals surface area contributed by atoms with Crippen molar-refractivity contribution in [3.63, 3.8) is 0 Å². The molecule has 1 aromatic heterocycles. The van der Waals surface area contributed by atoms with E-state index in [1.54, 1.807) is 25.4 Å². The number of nitrogens with two attached hydrogens (primary N) is 1. The van der Waals surface area contributed by atoms with E-state index in [9.17, 15) is 9.90 Å². The topological polar surface area (TPSA) is 118 Å². The second kappa shape index (κ2) is 5.40. The third kappa shape index (κ3) is 2.74. The fourth-order valence-corrected chi connectivity index (χ4v) is 3.27. The van der Waals surface area contributed by atoms with Gasteiger partial charge in [-0.3, -0.25) is 4.98 Å². The molecule has 0 aromatic carbocycles. The zero-order valence-electron chi connectivity index (χ0n) is 12.4. The van der Waals surface area contributed by atoms with E-state index in [1.807, 2.05) is 0 Å². The van der Waals surface area contributed by atoms with Gasteiger partial charge in [0.1, 0.15) is 5.60 Å². The fraction of sp³-hybridized carbons (Fsp3) is 0.600. The van der Waals surface area contributed by atoms with Crippen LogP contribution in [0.4, 0.5) is 10.5 Å². The average Bonchev–Trinajstić information content (AvgIpc) is 3.25. The number of amides is 1. The molecule has 0 bridgehead atoms. The molecule has 1 aliphatic carbocycles. The van der Waals surface area contributed by atoms with E-state index in [0.717, 1.165) is 18.4 Å². The minimum atomic E-state index is -1.24. The van der Waals surface area contributed by atoms with E-state index in [0.29, 0.717) is 12.1 Å². The summed E-state index contributed by atoms with van der Waals surface area (Å²) in [4.78, 5) is 15.0. The molecule has 7 heteroatoms. The van der Waals surface area contributed by atoms with Crippen LogP contribution in [-0.4, -0.2) is 39.0 Å². The van der Waals surface area contributed by atoms with E-state index >= 15 is 0 Å². The van der Waals surface area contributed by atoms with Crippen molar-refractivity contribution < 1.29 is 19.7 Å². The van der Waals surface area contributed by atoms with E-state index in [-0.39, 0.29) is 12.0 Å². The Labute approximate surface area is 128 Å². The molecule has 2 aliphatic rings. The summed E-state index contributed by atoms with van der Waals surface area (Å²) >= 11 is 0. The number of carbonyl (C=O) groups is 1. The molecular weight excluding hydrogens is 286 g/mol. The molecule has 0 spiro atoms. The molecule has 1 saturated heterocycles. The minimum absolute atomic E-state index is 0.263. The average molecular weight is 307 g/mol. The zero-order chi connectivity index (χ0) is 15.9. The fourth-order valence-electron chi connectivity index (χ4n) is 3.27. The van der Waals surface area contributed by atoms with Crippen molar-refractivity contribution in [2.24, 2.45) is 5.92 Å². The molecule has 7 nitrogen and oxygen atoms in total. The Hall–Kier alpha value is -1.86. The maximum absolute atomic E-state index is 11.1. The minimum Gasteiger partial charge on any atom is -0.465 e. The summed E-state index contributed by atoms with van der Waals surface area (Å²) in [7, 11) is 0. The van der Waals surface area contributed by atoms with Gasteiger partial charge in [0, 0.05) is 18.2 Å². The summed E-state index contributed by atoms with van der Waals surface area (Å²) in [5, 5.41) is 22.3. The number of nitrogens with one attached hydrogen (secondary N) is 1. The molecule has 0 radical (unpaired) electrons. The normalized spacial score (nSPS) is 35.1. The molecular formula is C15H21N3O4. The molecule has 3 rings (SSSR count). The third-order valence-corrected chi connectivity index (χ3v) is 4.62. The predicted octanol–water partition coefficient (Wildman–Crippen LogP) is 1.29. The number of aromatic nitrogens is 1. The standard InChI is InChI=1S/C15H21N3O4/c1-15(21)12(18-14(19)20)6-11(22-13(15)8-2-3-8)9-4-5-17-7-10(9)16/h4-5,7-8,11-13,18,21H,2-3,6,16H2,1H3,(H,19,20)/t11-,12-,13-,15+/m0/s1. The van der Waals surface area contributed by atoms with Gasteiger partial charge in [-0.15, -0.1) is 0 Å². The third-order valence-electron chi connectivity index (χ3n) is 4.62. The Bertz CT molecular complexity index is 574. The van der Waals surface area contributed by atoms with E-state index in [4.69, 9.17) is 15.6 Å². The summed E-state index contributed by atoms with van der Waals surface area (Å²) in [6.45, 7) is 1.64. The van der Waals surface area contributed by atoms with Crippen LogP contribution in [0.1, 0.15) is 37.9 Å². The van der Waals surface area contributed by atoms with Crippen molar-refractivity contribution in [1.82, 2.24) is 10.3 Å². The number of anilines is 1. The van der Waals surface area contributed by atoms with Crippen molar-refractivity contribution in [2.45, 2.75) is 50.0 Å².